The quantitative estimate of drug-likeness (QED) is 0.575. The molecule has 0 aliphatic carbocycles. The van der Waals surface area contributed by atoms with Gasteiger partial charge in [0.1, 0.15) is 11.6 Å². The van der Waals surface area contributed by atoms with E-state index in [2.05, 4.69) is 21.2 Å². The fraction of sp³-hybridized carbons (Fsp3) is 0.158. The minimum Gasteiger partial charge on any atom is -0.493 e. The number of nitriles is 1. The summed E-state index contributed by atoms with van der Waals surface area (Å²) in [4.78, 5) is 12.3. The normalized spacial score (nSPS) is 10.7. The molecular weight excluding hydrogens is 384 g/mol. The first-order chi connectivity index (χ1) is 12.1. The van der Waals surface area contributed by atoms with Gasteiger partial charge in [0.05, 0.1) is 13.7 Å². The van der Waals surface area contributed by atoms with Gasteiger partial charge >= 0.3 is 0 Å². The van der Waals surface area contributed by atoms with Gasteiger partial charge in [-0.25, -0.2) is 0 Å². The van der Waals surface area contributed by atoms with Crippen LogP contribution in [0.25, 0.3) is 6.08 Å². The van der Waals surface area contributed by atoms with Gasteiger partial charge in [0.25, 0.3) is 5.91 Å². The lowest BCUT2D eigenvalue weighted by Crippen LogP contribution is -2.13. The van der Waals surface area contributed by atoms with Crippen LogP contribution in [0.3, 0.4) is 0 Å². The maximum absolute atomic E-state index is 12.3. The van der Waals surface area contributed by atoms with E-state index in [9.17, 15) is 10.1 Å². The molecule has 6 heteroatoms. The maximum Gasteiger partial charge on any atom is 0.266 e. The number of halogens is 1. The number of amides is 1. The van der Waals surface area contributed by atoms with Crippen molar-refractivity contribution in [2.75, 3.05) is 19.0 Å². The Morgan fingerprint density at radius 1 is 1.28 bits per heavy atom. The van der Waals surface area contributed by atoms with Gasteiger partial charge in [-0.2, -0.15) is 5.26 Å². The molecule has 0 aliphatic rings. The third kappa shape index (κ3) is 5.10. The number of carbonyl (C=O) groups is 1. The van der Waals surface area contributed by atoms with Crippen molar-refractivity contribution >= 4 is 33.6 Å². The zero-order valence-corrected chi connectivity index (χ0v) is 15.5. The number of rotatable bonds is 6. The molecule has 1 N–H and O–H groups in total. The Balaban J connectivity index is 2.24. The maximum atomic E-state index is 12.3. The Labute approximate surface area is 155 Å². The summed E-state index contributed by atoms with van der Waals surface area (Å²) in [5.74, 6) is 0.674. The molecule has 5 nitrogen and oxygen atoms in total. The number of anilines is 1. The Morgan fingerprint density at radius 3 is 2.72 bits per heavy atom. The number of hydrogen-bond donors (Lipinski definition) is 1. The number of benzene rings is 2. The number of ether oxygens (including phenoxy) is 2. The van der Waals surface area contributed by atoms with Crippen LogP contribution < -0.4 is 14.8 Å². The molecule has 1 amide bonds. The van der Waals surface area contributed by atoms with Gasteiger partial charge in [-0.3, -0.25) is 4.79 Å². The minimum absolute atomic E-state index is 0.00816. The first kappa shape index (κ1) is 18.6. The van der Waals surface area contributed by atoms with E-state index in [1.54, 1.807) is 36.4 Å². The highest BCUT2D eigenvalue weighted by molar-refractivity contribution is 9.10. The molecule has 0 atom stereocenters. The fourth-order valence-electron chi connectivity index (χ4n) is 2.13. The Morgan fingerprint density at radius 2 is 2.08 bits per heavy atom. The molecule has 25 heavy (non-hydrogen) atoms. The minimum atomic E-state index is -0.478. The zero-order valence-electron chi connectivity index (χ0n) is 13.9. The lowest BCUT2D eigenvalue weighted by molar-refractivity contribution is -0.112. The van der Waals surface area contributed by atoms with Crippen molar-refractivity contribution in [2.24, 2.45) is 0 Å². The summed E-state index contributed by atoms with van der Waals surface area (Å²) in [6, 6.07) is 14.3. The molecular formula is C19H17BrN2O3. The summed E-state index contributed by atoms with van der Waals surface area (Å²) >= 11 is 3.34. The zero-order chi connectivity index (χ0) is 18.2. The van der Waals surface area contributed by atoms with Crippen LogP contribution in [0.5, 0.6) is 11.5 Å². The van der Waals surface area contributed by atoms with E-state index in [1.807, 2.05) is 19.1 Å². The molecule has 0 bridgehead atoms. The predicted molar refractivity (Wildman–Crippen MR) is 101 cm³/mol. The van der Waals surface area contributed by atoms with Gasteiger partial charge < -0.3 is 14.8 Å². The molecule has 0 fully saturated rings. The average molecular weight is 401 g/mol. The third-order valence-electron chi connectivity index (χ3n) is 3.25. The van der Waals surface area contributed by atoms with Crippen LogP contribution in [0, 0.1) is 11.3 Å². The van der Waals surface area contributed by atoms with Crippen molar-refractivity contribution in [3.63, 3.8) is 0 Å². The van der Waals surface area contributed by atoms with Crippen molar-refractivity contribution in [2.45, 2.75) is 6.92 Å². The summed E-state index contributed by atoms with van der Waals surface area (Å²) in [7, 11) is 1.54. The summed E-state index contributed by atoms with van der Waals surface area (Å²) in [5.41, 5.74) is 1.26. The second kappa shape index (κ2) is 8.90. The smallest absolute Gasteiger partial charge is 0.266 e. The molecule has 0 aliphatic heterocycles. The number of nitrogens with one attached hydrogen (secondary N) is 1. The highest BCUT2D eigenvalue weighted by atomic mass is 79.9. The van der Waals surface area contributed by atoms with Gasteiger partial charge in [-0.15, -0.1) is 0 Å². The second-order valence-corrected chi connectivity index (χ2v) is 5.89. The van der Waals surface area contributed by atoms with E-state index in [4.69, 9.17) is 9.47 Å². The van der Waals surface area contributed by atoms with E-state index < -0.39 is 5.91 Å². The Kier molecular flexibility index (Phi) is 6.61. The van der Waals surface area contributed by atoms with Crippen LogP contribution in [-0.2, 0) is 4.79 Å². The van der Waals surface area contributed by atoms with Crippen LogP contribution in [0.4, 0.5) is 5.69 Å². The van der Waals surface area contributed by atoms with Crippen LogP contribution in [0.2, 0.25) is 0 Å². The van der Waals surface area contributed by atoms with Crippen LogP contribution in [-0.4, -0.2) is 19.6 Å². The Hall–Kier alpha value is -2.78. The SMILES string of the molecule is CCOc1ccc(/C=C(\C#N)C(=O)Nc2cccc(Br)c2)cc1OC. The summed E-state index contributed by atoms with van der Waals surface area (Å²) < 4.78 is 11.6. The lowest BCUT2D eigenvalue weighted by Gasteiger charge is -2.10. The molecule has 2 rings (SSSR count). The highest BCUT2D eigenvalue weighted by Crippen LogP contribution is 2.29. The van der Waals surface area contributed by atoms with Crippen LogP contribution in [0.1, 0.15) is 12.5 Å². The molecule has 128 valence electrons. The van der Waals surface area contributed by atoms with E-state index in [-0.39, 0.29) is 5.57 Å². The molecule has 0 spiro atoms. The second-order valence-electron chi connectivity index (χ2n) is 4.98. The molecule has 2 aromatic rings. The van der Waals surface area contributed by atoms with Crippen molar-refractivity contribution < 1.29 is 14.3 Å². The molecule has 0 saturated heterocycles. The third-order valence-corrected chi connectivity index (χ3v) is 3.74. The number of hydrogen-bond acceptors (Lipinski definition) is 4. The molecule has 2 aromatic carbocycles. The van der Waals surface area contributed by atoms with E-state index >= 15 is 0 Å². The van der Waals surface area contributed by atoms with Crippen molar-refractivity contribution in [1.82, 2.24) is 0 Å². The van der Waals surface area contributed by atoms with Gasteiger partial charge in [-0.05, 0) is 48.9 Å². The van der Waals surface area contributed by atoms with Crippen molar-refractivity contribution in [1.29, 1.82) is 5.26 Å². The summed E-state index contributed by atoms with van der Waals surface area (Å²) in [6.45, 7) is 2.40. The van der Waals surface area contributed by atoms with E-state index in [0.29, 0.717) is 29.4 Å². The molecule has 0 radical (unpaired) electrons. The number of nitrogens with zero attached hydrogens (tertiary/aromatic N) is 1. The van der Waals surface area contributed by atoms with Crippen molar-refractivity contribution in [3.8, 4) is 17.6 Å². The van der Waals surface area contributed by atoms with Crippen LogP contribution in [0.15, 0.2) is 52.5 Å². The number of carbonyl (C=O) groups excluding carboxylic acids is 1. The average Bonchev–Trinajstić information content (AvgIpc) is 2.60. The van der Waals surface area contributed by atoms with Crippen LogP contribution >= 0.6 is 15.9 Å². The fourth-order valence-corrected chi connectivity index (χ4v) is 2.53. The monoisotopic (exact) mass is 400 g/mol. The standard InChI is InChI=1S/C19H17BrN2O3/c1-3-25-17-8-7-13(10-18(17)24-2)9-14(12-21)19(23)22-16-6-4-5-15(20)11-16/h4-11H,3H2,1-2H3,(H,22,23)/b14-9+. The molecule has 0 aromatic heterocycles. The lowest BCUT2D eigenvalue weighted by atomic mass is 10.1. The largest absolute Gasteiger partial charge is 0.493 e. The van der Waals surface area contributed by atoms with Crippen molar-refractivity contribution in [3.05, 3.63) is 58.1 Å². The topological polar surface area (TPSA) is 71.3 Å². The highest BCUT2D eigenvalue weighted by Gasteiger charge is 2.11. The molecule has 0 unspecified atom stereocenters. The first-order valence-electron chi connectivity index (χ1n) is 7.57. The number of methoxy groups -OCH3 is 1. The summed E-state index contributed by atoms with van der Waals surface area (Å²) in [6.07, 6.45) is 1.51. The van der Waals surface area contributed by atoms with E-state index in [0.717, 1.165) is 4.47 Å². The van der Waals surface area contributed by atoms with Gasteiger partial charge in [0.2, 0.25) is 0 Å². The van der Waals surface area contributed by atoms with E-state index in [1.165, 1.54) is 13.2 Å². The van der Waals surface area contributed by atoms with Gasteiger partial charge in [0.15, 0.2) is 11.5 Å². The van der Waals surface area contributed by atoms with Gasteiger partial charge in [-0.1, -0.05) is 28.1 Å². The Bertz CT molecular complexity index is 841. The predicted octanol–water partition coefficient (Wildman–Crippen LogP) is 4.40. The van der Waals surface area contributed by atoms with Gasteiger partial charge in [0, 0.05) is 10.2 Å². The summed E-state index contributed by atoms with van der Waals surface area (Å²) in [5, 5.41) is 12.0. The first-order valence-corrected chi connectivity index (χ1v) is 8.36. The molecule has 0 saturated carbocycles. The molecule has 0 heterocycles.